The van der Waals surface area contributed by atoms with Crippen molar-refractivity contribution in [2.45, 2.75) is 18.9 Å². The Morgan fingerprint density at radius 2 is 2.29 bits per heavy atom. The van der Waals surface area contributed by atoms with Gasteiger partial charge in [0.05, 0.1) is 11.2 Å². The topological polar surface area (TPSA) is 66.6 Å². The SMILES string of the molecule is CC1(O)CCN(C(=O)c2cc(Cl)ccc2N)C1. The third kappa shape index (κ3) is 2.53. The zero-order chi connectivity index (χ0) is 12.6. The van der Waals surface area contributed by atoms with E-state index < -0.39 is 5.60 Å². The van der Waals surface area contributed by atoms with Crippen molar-refractivity contribution in [3.63, 3.8) is 0 Å². The zero-order valence-electron chi connectivity index (χ0n) is 9.61. The molecule has 2 rings (SSSR count). The second-order valence-electron chi connectivity index (χ2n) is 4.71. The van der Waals surface area contributed by atoms with Gasteiger partial charge in [0.15, 0.2) is 0 Å². The standard InChI is InChI=1S/C12H15ClN2O2/c1-12(17)4-5-15(7-12)11(16)9-6-8(13)2-3-10(9)14/h2-3,6,17H,4-5,7,14H2,1H3. The number of amides is 1. The van der Waals surface area contributed by atoms with Crippen LogP contribution >= 0.6 is 11.6 Å². The van der Waals surface area contributed by atoms with E-state index in [0.29, 0.717) is 35.8 Å². The molecule has 1 amide bonds. The molecular weight excluding hydrogens is 240 g/mol. The molecule has 1 aromatic carbocycles. The third-order valence-corrected chi connectivity index (χ3v) is 3.22. The summed E-state index contributed by atoms with van der Waals surface area (Å²) >= 11 is 5.85. The van der Waals surface area contributed by atoms with E-state index in [1.54, 1.807) is 30.0 Å². The van der Waals surface area contributed by atoms with Gasteiger partial charge in [0.1, 0.15) is 0 Å². The molecule has 0 radical (unpaired) electrons. The molecule has 0 aliphatic carbocycles. The summed E-state index contributed by atoms with van der Waals surface area (Å²) in [5, 5.41) is 10.3. The van der Waals surface area contributed by atoms with Gasteiger partial charge in [0, 0.05) is 23.8 Å². The minimum Gasteiger partial charge on any atom is -0.398 e. The zero-order valence-corrected chi connectivity index (χ0v) is 10.4. The molecule has 1 aliphatic rings. The average Bonchev–Trinajstić information content (AvgIpc) is 2.61. The molecule has 1 aromatic rings. The number of nitrogen functional groups attached to an aromatic ring is 1. The van der Waals surface area contributed by atoms with Gasteiger partial charge in [-0.15, -0.1) is 0 Å². The van der Waals surface area contributed by atoms with Crippen LogP contribution in [0.1, 0.15) is 23.7 Å². The normalized spacial score (nSPS) is 24.1. The number of aliphatic hydroxyl groups is 1. The van der Waals surface area contributed by atoms with Crippen molar-refractivity contribution in [2.24, 2.45) is 0 Å². The largest absolute Gasteiger partial charge is 0.398 e. The van der Waals surface area contributed by atoms with Crippen LogP contribution < -0.4 is 5.73 Å². The van der Waals surface area contributed by atoms with Crippen molar-refractivity contribution < 1.29 is 9.90 Å². The van der Waals surface area contributed by atoms with Gasteiger partial charge in [-0.3, -0.25) is 4.79 Å². The first-order valence-electron chi connectivity index (χ1n) is 5.46. The van der Waals surface area contributed by atoms with Crippen molar-refractivity contribution in [2.75, 3.05) is 18.8 Å². The highest BCUT2D eigenvalue weighted by Gasteiger charge is 2.34. The lowest BCUT2D eigenvalue weighted by Gasteiger charge is -2.19. The molecule has 1 atom stereocenters. The van der Waals surface area contributed by atoms with Crippen LogP contribution in [0.4, 0.5) is 5.69 Å². The fourth-order valence-corrected chi connectivity index (χ4v) is 2.17. The molecule has 1 saturated heterocycles. The van der Waals surface area contributed by atoms with Crippen LogP contribution in [0.25, 0.3) is 0 Å². The minimum absolute atomic E-state index is 0.178. The van der Waals surface area contributed by atoms with Crippen molar-refractivity contribution >= 4 is 23.2 Å². The Balaban J connectivity index is 2.23. The first kappa shape index (κ1) is 12.2. The number of nitrogens with two attached hydrogens (primary N) is 1. The Labute approximate surface area is 105 Å². The van der Waals surface area contributed by atoms with Crippen LogP contribution in [-0.2, 0) is 0 Å². The quantitative estimate of drug-likeness (QED) is 0.747. The number of likely N-dealkylation sites (tertiary alicyclic amines) is 1. The number of hydrogen-bond donors (Lipinski definition) is 2. The predicted octanol–water partition coefficient (Wildman–Crippen LogP) is 1.52. The van der Waals surface area contributed by atoms with Gasteiger partial charge in [0.25, 0.3) is 5.91 Å². The predicted molar refractivity (Wildman–Crippen MR) is 67.0 cm³/mol. The van der Waals surface area contributed by atoms with Crippen LogP contribution in [0, 0.1) is 0 Å². The van der Waals surface area contributed by atoms with Crippen molar-refractivity contribution in [3.8, 4) is 0 Å². The highest BCUT2D eigenvalue weighted by molar-refractivity contribution is 6.31. The molecule has 92 valence electrons. The Morgan fingerprint density at radius 1 is 1.59 bits per heavy atom. The highest BCUT2D eigenvalue weighted by Crippen LogP contribution is 2.25. The second-order valence-corrected chi connectivity index (χ2v) is 5.14. The van der Waals surface area contributed by atoms with Gasteiger partial charge in [0.2, 0.25) is 0 Å². The Hall–Kier alpha value is -1.26. The van der Waals surface area contributed by atoms with E-state index in [0.717, 1.165) is 0 Å². The number of halogens is 1. The number of benzene rings is 1. The van der Waals surface area contributed by atoms with Crippen molar-refractivity contribution in [3.05, 3.63) is 28.8 Å². The van der Waals surface area contributed by atoms with Gasteiger partial charge < -0.3 is 15.7 Å². The Kier molecular flexibility index (Phi) is 3.02. The number of rotatable bonds is 1. The molecule has 1 unspecified atom stereocenters. The summed E-state index contributed by atoms with van der Waals surface area (Å²) in [6.45, 7) is 2.59. The molecule has 3 N–H and O–H groups in total. The third-order valence-electron chi connectivity index (χ3n) is 2.98. The Morgan fingerprint density at radius 3 is 2.88 bits per heavy atom. The molecular formula is C12H15ClN2O2. The summed E-state index contributed by atoms with van der Waals surface area (Å²) < 4.78 is 0. The monoisotopic (exact) mass is 254 g/mol. The van der Waals surface area contributed by atoms with Crippen LogP contribution in [-0.4, -0.2) is 34.6 Å². The number of carbonyl (C=O) groups is 1. The number of anilines is 1. The fraction of sp³-hybridized carbons (Fsp3) is 0.417. The molecule has 4 nitrogen and oxygen atoms in total. The minimum atomic E-state index is -0.803. The molecule has 0 saturated carbocycles. The first-order valence-corrected chi connectivity index (χ1v) is 5.83. The molecule has 0 aromatic heterocycles. The smallest absolute Gasteiger partial charge is 0.256 e. The fourth-order valence-electron chi connectivity index (χ4n) is 2.00. The van der Waals surface area contributed by atoms with E-state index in [9.17, 15) is 9.90 Å². The summed E-state index contributed by atoms with van der Waals surface area (Å²) in [5.74, 6) is -0.178. The highest BCUT2D eigenvalue weighted by atomic mass is 35.5. The maximum absolute atomic E-state index is 12.2. The summed E-state index contributed by atoms with van der Waals surface area (Å²) in [5.41, 5.74) is 5.76. The molecule has 1 fully saturated rings. The number of nitrogens with zero attached hydrogens (tertiary/aromatic N) is 1. The summed E-state index contributed by atoms with van der Waals surface area (Å²) in [6.07, 6.45) is 0.583. The summed E-state index contributed by atoms with van der Waals surface area (Å²) in [6, 6.07) is 4.82. The van der Waals surface area contributed by atoms with E-state index in [2.05, 4.69) is 0 Å². The lowest BCUT2D eigenvalue weighted by atomic mass is 10.1. The van der Waals surface area contributed by atoms with Crippen LogP contribution in [0.5, 0.6) is 0 Å². The van der Waals surface area contributed by atoms with Gasteiger partial charge in [-0.1, -0.05) is 11.6 Å². The van der Waals surface area contributed by atoms with Crippen LogP contribution in [0.3, 0.4) is 0 Å². The molecule has 5 heteroatoms. The molecule has 1 heterocycles. The van der Waals surface area contributed by atoms with Crippen LogP contribution in [0.15, 0.2) is 18.2 Å². The Bertz CT molecular complexity index is 460. The lowest BCUT2D eigenvalue weighted by Crippen LogP contribution is -2.34. The van der Waals surface area contributed by atoms with E-state index in [1.165, 1.54) is 0 Å². The summed E-state index contributed by atoms with van der Waals surface area (Å²) in [7, 11) is 0. The molecule has 17 heavy (non-hydrogen) atoms. The summed E-state index contributed by atoms with van der Waals surface area (Å²) in [4.78, 5) is 13.8. The van der Waals surface area contributed by atoms with E-state index >= 15 is 0 Å². The van der Waals surface area contributed by atoms with E-state index in [1.807, 2.05) is 0 Å². The van der Waals surface area contributed by atoms with Gasteiger partial charge in [-0.05, 0) is 31.5 Å². The first-order chi connectivity index (χ1) is 7.89. The lowest BCUT2D eigenvalue weighted by molar-refractivity contribution is 0.0572. The van der Waals surface area contributed by atoms with Gasteiger partial charge >= 0.3 is 0 Å². The maximum atomic E-state index is 12.2. The van der Waals surface area contributed by atoms with E-state index in [-0.39, 0.29) is 5.91 Å². The molecule has 0 bridgehead atoms. The maximum Gasteiger partial charge on any atom is 0.256 e. The molecule has 0 spiro atoms. The number of β-amino-alcohol motifs (C(OH)–C–C–N with tert-alkyl or cyclic N) is 1. The van der Waals surface area contributed by atoms with Crippen molar-refractivity contribution in [1.82, 2.24) is 4.90 Å². The second kappa shape index (κ2) is 4.20. The van der Waals surface area contributed by atoms with Crippen molar-refractivity contribution in [1.29, 1.82) is 0 Å². The van der Waals surface area contributed by atoms with Gasteiger partial charge in [-0.2, -0.15) is 0 Å². The van der Waals surface area contributed by atoms with E-state index in [4.69, 9.17) is 17.3 Å². The average molecular weight is 255 g/mol. The number of hydrogen-bond acceptors (Lipinski definition) is 3. The molecule has 1 aliphatic heterocycles. The van der Waals surface area contributed by atoms with Gasteiger partial charge in [-0.25, -0.2) is 0 Å². The number of carbonyl (C=O) groups excluding carboxylic acids is 1. The van der Waals surface area contributed by atoms with Crippen LogP contribution in [0.2, 0.25) is 5.02 Å².